The van der Waals surface area contributed by atoms with Crippen LogP contribution in [0.3, 0.4) is 0 Å². The first-order valence-corrected chi connectivity index (χ1v) is 10.3. The molecule has 1 aliphatic heterocycles. The van der Waals surface area contributed by atoms with Crippen LogP contribution in [0.25, 0.3) is 0 Å². The third kappa shape index (κ3) is 5.21. The summed E-state index contributed by atoms with van der Waals surface area (Å²) in [6.07, 6.45) is 0. The number of rotatable bonds is 3. The van der Waals surface area contributed by atoms with Crippen molar-refractivity contribution in [2.45, 2.75) is 26.8 Å². The molecule has 1 saturated heterocycles. The Balaban J connectivity index is 1.66. The SMILES string of the molecule is Cc1cc(F)ccc1NC(=N)N1CCN(C(=O)Nc2ccc(Cl)cc2)CC1C(C)C. The molecule has 1 fully saturated rings. The van der Waals surface area contributed by atoms with Gasteiger partial charge in [0.25, 0.3) is 0 Å². The summed E-state index contributed by atoms with van der Waals surface area (Å²) in [7, 11) is 0. The molecular weight excluding hydrogens is 405 g/mol. The van der Waals surface area contributed by atoms with Gasteiger partial charge < -0.3 is 20.4 Å². The second-order valence-corrected chi connectivity index (χ2v) is 8.26. The van der Waals surface area contributed by atoms with E-state index < -0.39 is 0 Å². The van der Waals surface area contributed by atoms with Crippen LogP contribution in [0.2, 0.25) is 5.02 Å². The van der Waals surface area contributed by atoms with Crippen molar-refractivity contribution in [1.82, 2.24) is 9.80 Å². The van der Waals surface area contributed by atoms with Crippen LogP contribution in [0.15, 0.2) is 42.5 Å². The number of urea groups is 1. The lowest BCUT2D eigenvalue weighted by Crippen LogP contribution is -2.60. The quantitative estimate of drug-likeness (QED) is 0.472. The highest BCUT2D eigenvalue weighted by atomic mass is 35.5. The number of hydrogen-bond acceptors (Lipinski definition) is 2. The fraction of sp³-hybridized carbons (Fsp3) is 0.364. The third-order valence-electron chi connectivity index (χ3n) is 5.30. The van der Waals surface area contributed by atoms with Gasteiger partial charge in [-0.05, 0) is 60.9 Å². The summed E-state index contributed by atoms with van der Waals surface area (Å²) < 4.78 is 13.4. The predicted octanol–water partition coefficient (Wildman–Crippen LogP) is 5.01. The first-order chi connectivity index (χ1) is 14.2. The fourth-order valence-corrected chi connectivity index (χ4v) is 3.67. The summed E-state index contributed by atoms with van der Waals surface area (Å²) in [6.45, 7) is 7.49. The largest absolute Gasteiger partial charge is 0.336 e. The zero-order valence-corrected chi connectivity index (χ0v) is 18.1. The molecule has 2 amide bonds. The maximum atomic E-state index is 13.4. The van der Waals surface area contributed by atoms with E-state index in [1.54, 1.807) is 42.2 Å². The van der Waals surface area contributed by atoms with Crippen LogP contribution in [0.1, 0.15) is 19.4 Å². The van der Waals surface area contributed by atoms with Crippen molar-refractivity contribution < 1.29 is 9.18 Å². The summed E-state index contributed by atoms with van der Waals surface area (Å²) >= 11 is 5.90. The molecule has 160 valence electrons. The Morgan fingerprint density at radius 2 is 1.87 bits per heavy atom. The first kappa shape index (κ1) is 21.9. The molecule has 1 atom stereocenters. The molecular formula is C22H27ClFN5O. The summed E-state index contributed by atoms with van der Waals surface area (Å²) in [4.78, 5) is 16.5. The van der Waals surface area contributed by atoms with Gasteiger partial charge in [0.2, 0.25) is 0 Å². The lowest BCUT2D eigenvalue weighted by molar-refractivity contribution is 0.119. The van der Waals surface area contributed by atoms with Crippen molar-refractivity contribution in [1.29, 1.82) is 5.41 Å². The summed E-state index contributed by atoms with van der Waals surface area (Å²) in [5.74, 6) is 0.179. The molecule has 0 aromatic heterocycles. The van der Waals surface area contributed by atoms with Gasteiger partial charge >= 0.3 is 6.03 Å². The number of carbonyl (C=O) groups is 1. The van der Waals surface area contributed by atoms with E-state index in [-0.39, 0.29) is 29.8 Å². The first-order valence-electron chi connectivity index (χ1n) is 9.94. The van der Waals surface area contributed by atoms with E-state index in [0.717, 1.165) is 5.56 Å². The molecule has 1 unspecified atom stereocenters. The molecule has 0 bridgehead atoms. The highest BCUT2D eigenvalue weighted by molar-refractivity contribution is 6.30. The number of anilines is 2. The van der Waals surface area contributed by atoms with Gasteiger partial charge in [-0.1, -0.05) is 25.4 Å². The topological polar surface area (TPSA) is 71.5 Å². The van der Waals surface area contributed by atoms with E-state index in [1.807, 2.05) is 4.90 Å². The standard InChI is InChI=1S/C22H27ClFN5O/c1-14(2)20-13-28(22(30)26-18-7-4-16(23)5-8-18)10-11-29(20)21(25)27-19-9-6-17(24)12-15(19)3/h4-9,12,14,20H,10-11,13H2,1-3H3,(H2,25,27)(H,26,30). The lowest BCUT2D eigenvalue weighted by Gasteiger charge is -2.44. The molecule has 2 aromatic rings. The van der Waals surface area contributed by atoms with Crippen molar-refractivity contribution in [2.24, 2.45) is 5.92 Å². The smallest absolute Gasteiger partial charge is 0.321 e. The minimum Gasteiger partial charge on any atom is -0.336 e. The van der Waals surface area contributed by atoms with E-state index in [1.165, 1.54) is 12.1 Å². The monoisotopic (exact) mass is 431 g/mol. The number of hydrogen-bond donors (Lipinski definition) is 3. The van der Waals surface area contributed by atoms with E-state index in [4.69, 9.17) is 17.0 Å². The van der Waals surface area contributed by atoms with Crippen LogP contribution in [0, 0.1) is 24.1 Å². The van der Waals surface area contributed by atoms with Crippen molar-refractivity contribution >= 4 is 35.0 Å². The second kappa shape index (κ2) is 9.34. The second-order valence-electron chi connectivity index (χ2n) is 7.82. The van der Waals surface area contributed by atoms with Gasteiger partial charge in [0.05, 0.1) is 6.04 Å². The molecule has 0 spiro atoms. The molecule has 1 aliphatic rings. The number of nitrogens with zero attached hydrogens (tertiary/aromatic N) is 2. The average Bonchev–Trinajstić information content (AvgIpc) is 2.71. The minimum absolute atomic E-state index is 0.0181. The van der Waals surface area contributed by atoms with Crippen LogP contribution in [0.5, 0.6) is 0 Å². The number of amides is 2. The van der Waals surface area contributed by atoms with E-state index in [2.05, 4.69) is 24.5 Å². The maximum absolute atomic E-state index is 13.4. The number of halogens is 2. The number of guanidine groups is 1. The summed E-state index contributed by atoms with van der Waals surface area (Å²) in [5.41, 5.74) is 2.13. The van der Waals surface area contributed by atoms with E-state index in [9.17, 15) is 9.18 Å². The molecule has 0 aliphatic carbocycles. The van der Waals surface area contributed by atoms with E-state index >= 15 is 0 Å². The number of nitrogens with one attached hydrogen (secondary N) is 3. The number of aryl methyl sites for hydroxylation is 1. The van der Waals surface area contributed by atoms with Crippen LogP contribution >= 0.6 is 11.6 Å². The van der Waals surface area contributed by atoms with Crippen LogP contribution in [-0.2, 0) is 0 Å². The van der Waals surface area contributed by atoms with Gasteiger partial charge in [0.15, 0.2) is 5.96 Å². The fourth-order valence-electron chi connectivity index (χ4n) is 3.55. The van der Waals surface area contributed by atoms with Crippen molar-refractivity contribution in [3.05, 3.63) is 58.9 Å². The maximum Gasteiger partial charge on any atom is 0.321 e. The average molecular weight is 432 g/mol. The Morgan fingerprint density at radius 1 is 1.17 bits per heavy atom. The summed E-state index contributed by atoms with van der Waals surface area (Å²) in [6, 6.07) is 11.3. The number of piperazine rings is 1. The molecule has 30 heavy (non-hydrogen) atoms. The zero-order valence-electron chi connectivity index (χ0n) is 17.4. The zero-order chi connectivity index (χ0) is 21.8. The molecule has 3 rings (SSSR count). The van der Waals surface area contributed by atoms with Gasteiger partial charge in [0, 0.05) is 36.0 Å². The normalized spacial score (nSPS) is 16.5. The molecule has 8 heteroatoms. The van der Waals surface area contributed by atoms with Crippen LogP contribution in [0.4, 0.5) is 20.6 Å². The van der Waals surface area contributed by atoms with Crippen LogP contribution in [-0.4, -0.2) is 47.5 Å². The Morgan fingerprint density at radius 3 is 2.50 bits per heavy atom. The molecule has 0 radical (unpaired) electrons. The lowest BCUT2D eigenvalue weighted by atomic mass is 10.00. The van der Waals surface area contributed by atoms with Gasteiger partial charge in [0.1, 0.15) is 5.82 Å². The third-order valence-corrected chi connectivity index (χ3v) is 5.55. The highest BCUT2D eigenvalue weighted by Crippen LogP contribution is 2.22. The number of benzene rings is 2. The van der Waals surface area contributed by atoms with Crippen molar-refractivity contribution in [3.8, 4) is 0 Å². The van der Waals surface area contributed by atoms with Gasteiger partial charge in [-0.15, -0.1) is 0 Å². The van der Waals surface area contributed by atoms with Crippen molar-refractivity contribution in [3.63, 3.8) is 0 Å². The predicted molar refractivity (Wildman–Crippen MR) is 120 cm³/mol. The molecule has 0 saturated carbocycles. The Labute approximate surface area is 181 Å². The van der Waals surface area contributed by atoms with Crippen molar-refractivity contribution in [2.75, 3.05) is 30.3 Å². The van der Waals surface area contributed by atoms with Gasteiger partial charge in [-0.25, -0.2) is 9.18 Å². The summed E-state index contributed by atoms with van der Waals surface area (Å²) in [5, 5.41) is 15.2. The molecule has 2 aromatic carbocycles. The van der Waals surface area contributed by atoms with Gasteiger partial charge in [-0.3, -0.25) is 5.41 Å². The van der Waals surface area contributed by atoms with Crippen LogP contribution < -0.4 is 10.6 Å². The minimum atomic E-state index is -0.301. The number of carbonyl (C=O) groups excluding carboxylic acids is 1. The Bertz CT molecular complexity index is 918. The Kier molecular flexibility index (Phi) is 6.82. The van der Waals surface area contributed by atoms with Gasteiger partial charge in [-0.2, -0.15) is 0 Å². The molecule has 3 N–H and O–H groups in total. The molecule has 6 nitrogen and oxygen atoms in total. The molecule has 1 heterocycles. The Hall–Kier alpha value is -2.80. The highest BCUT2D eigenvalue weighted by Gasteiger charge is 2.33. The van der Waals surface area contributed by atoms with E-state index in [0.29, 0.717) is 36.0 Å².